The molecule has 0 saturated carbocycles. The van der Waals surface area contributed by atoms with Gasteiger partial charge in [-0.15, -0.1) is 11.3 Å². The molecule has 0 amide bonds. The summed E-state index contributed by atoms with van der Waals surface area (Å²) in [6.07, 6.45) is 0. The number of anilines is 2. The molecule has 2 heterocycles. The van der Waals surface area contributed by atoms with Crippen LogP contribution in [0, 0.1) is 23.2 Å². The van der Waals surface area contributed by atoms with Gasteiger partial charge in [0.1, 0.15) is 17.3 Å². The molecule has 126 valence electrons. The SMILES string of the molecule is Cc1sc2nc(-c3ccccc3I)c(Nc3ccc(F)cc3)n2c1C. The molecule has 0 spiro atoms. The van der Waals surface area contributed by atoms with Crippen molar-refractivity contribution in [3.63, 3.8) is 0 Å². The number of aryl methyl sites for hydroxylation is 2. The zero-order chi connectivity index (χ0) is 17.6. The predicted octanol–water partition coefficient (Wildman–Crippen LogP) is 6.17. The molecule has 0 aliphatic carbocycles. The topological polar surface area (TPSA) is 29.3 Å². The predicted molar refractivity (Wildman–Crippen MR) is 110 cm³/mol. The Hall–Kier alpha value is -1.93. The third-order valence-corrected chi connectivity index (χ3v) is 6.17. The van der Waals surface area contributed by atoms with Crippen molar-refractivity contribution in [3.05, 3.63) is 68.5 Å². The lowest BCUT2D eigenvalue weighted by atomic mass is 10.1. The molecule has 4 rings (SSSR count). The smallest absolute Gasteiger partial charge is 0.196 e. The van der Waals surface area contributed by atoms with Crippen molar-refractivity contribution >= 4 is 50.4 Å². The van der Waals surface area contributed by atoms with Crippen LogP contribution in [0.1, 0.15) is 10.6 Å². The lowest BCUT2D eigenvalue weighted by Crippen LogP contribution is -1.99. The van der Waals surface area contributed by atoms with Gasteiger partial charge in [0.15, 0.2) is 4.96 Å². The summed E-state index contributed by atoms with van der Waals surface area (Å²) in [6, 6.07) is 14.6. The summed E-state index contributed by atoms with van der Waals surface area (Å²) in [7, 11) is 0. The van der Waals surface area contributed by atoms with Gasteiger partial charge in [0.2, 0.25) is 0 Å². The van der Waals surface area contributed by atoms with Crippen LogP contribution >= 0.6 is 33.9 Å². The number of rotatable bonds is 3. The molecule has 25 heavy (non-hydrogen) atoms. The monoisotopic (exact) mass is 463 g/mol. The molecule has 3 nitrogen and oxygen atoms in total. The minimum Gasteiger partial charge on any atom is -0.339 e. The molecule has 2 aromatic heterocycles. The van der Waals surface area contributed by atoms with E-state index in [2.05, 4.69) is 58.3 Å². The van der Waals surface area contributed by atoms with Gasteiger partial charge in [-0.25, -0.2) is 9.37 Å². The van der Waals surface area contributed by atoms with Crippen LogP contribution in [0.2, 0.25) is 0 Å². The van der Waals surface area contributed by atoms with Gasteiger partial charge in [0.05, 0.1) is 0 Å². The number of benzene rings is 2. The summed E-state index contributed by atoms with van der Waals surface area (Å²) in [5, 5.41) is 3.44. The van der Waals surface area contributed by atoms with E-state index >= 15 is 0 Å². The third kappa shape index (κ3) is 2.93. The molecule has 2 aromatic carbocycles. The van der Waals surface area contributed by atoms with E-state index in [0.29, 0.717) is 0 Å². The fraction of sp³-hybridized carbons (Fsp3) is 0.105. The van der Waals surface area contributed by atoms with E-state index in [4.69, 9.17) is 4.98 Å². The summed E-state index contributed by atoms with van der Waals surface area (Å²) in [5.41, 5.74) is 3.98. The molecular formula is C19H15FIN3S. The van der Waals surface area contributed by atoms with E-state index in [1.54, 1.807) is 23.5 Å². The summed E-state index contributed by atoms with van der Waals surface area (Å²) in [6.45, 7) is 4.19. The van der Waals surface area contributed by atoms with Crippen LogP contribution in [-0.2, 0) is 0 Å². The number of hydrogen-bond donors (Lipinski definition) is 1. The normalized spacial score (nSPS) is 11.2. The summed E-state index contributed by atoms with van der Waals surface area (Å²) in [4.78, 5) is 7.07. The third-order valence-electron chi connectivity index (χ3n) is 4.17. The van der Waals surface area contributed by atoms with E-state index in [1.807, 2.05) is 12.1 Å². The Labute approximate surface area is 162 Å². The fourth-order valence-electron chi connectivity index (χ4n) is 2.77. The molecule has 0 saturated heterocycles. The van der Waals surface area contributed by atoms with Gasteiger partial charge in [0, 0.05) is 25.4 Å². The number of imidazole rings is 1. The van der Waals surface area contributed by atoms with E-state index in [9.17, 15) is 4.39 Å². The Morgan fingerprint density at radius 2 is 1.80 bits per heavy atom. The highest BCUT2D eigenvalue weighted by Crippen LogP contribution is 2.37. The standard InChI is InChI=1S/C19H15FIN3S/c1-11-12(2)25-19-23-17(15-5-3-4-6-16(15)21)18(24(11)19)22-14-9-7-13(20)8-10-14/h3-10,22H,1-2H3. The van der Waals surface area contributed by atoms with Crippen molar-refractivity contribution in [3.8, 4) is 11.3 Å². The first-order valence-electron chi connectivity index (χ1n) is 7.80. The number of nitrogens with one attached hydrogen (secondary N) is 1. The Kier molecular flexibility index (Phi) is 4.24. The van der Waals surface area contributed by atoms with Gasteiger partial charge in [-0.2, -0.15) is 0 Å². The second-order valence-electron chi connectivity index (χ2n) is 5.78. The largest absolute Gasteiger partial charge is 0.339 e. The van der Waals surface area contributed by atoms with Gasteiger partial charge in [-0.3, -0.25) is 4.40 Å². The molecule has 0 atom stereocenters. The average Bonchev–Trinajstić information content (AvgIpc) is 3.07. The van der Waals surface area contributed by atoms with Crippen molar-refractivity contribution in [1.82, 2.24) is 9.38 Å². The van der Waals surface area contributed by atoms with Gasteiger partial charge in [0.25, 0.3) is 0 Å². The van der Waals surface area contributed by atoms with Crippen LogP contribution in [0.25, 0.3) is 16.2 Å². The Bertz CT molecular complexity index is 1070. The van der Waals surface area contributed by atoms with Crippen LogP contribution in [0.5, 0.6) is 0 Å². The second kappa shape index (κ2) is 6.42. The fourth-order valence-corrected chi connectivity index (χ4v) is 4.39. The molecule has 0 aliphatic rings. The van der Waals surface area contributed by atoms with Gasteiger partial charge < -0.3 is 5.32 Å². The van der Waals surface area contributed by atoms with Gasteiger partial charge in [-0.05, 0) is 66.8 Å². The lowest BCUT2D eigenvalue weighted by molar-refractivity contribution is 0.628. The van der Waals surface area contributed by atoms with Crippen molar-refractivity contribution in [2.24, 2.45) is 0 Å². The average molecular weight is 463 g/mol. The molecule has 4 aromatic rings. The molecule has 1 N–H and O–H groups in total. The molecule has 0 aliphatic heterocycles. The maximum absolute atomic E-state index is 13.2. The lowest BCUT2D eigenvalue weighted by Gasteiger charge is -2.10. The van der Waals surface area contributed by atoms with Crippen molar-refractivity contribution < 1.29 is 4.39 Å². The first kappa shape index (κ1) is 16.5. The highest BCUT2D eigenvalue weighted by atomic mass is 127. The zero-order valence-corrected chi connectivity index (χ0v) is 16.7. The highest BCUT2D eigenvalue weighted by molar-refractivity contribution is 14.1. The Balaban J connectivity index is 1.94. The first-order valence-corrected chi connectivity index (χ1v) is 9.70. The Morgan fingerprint density at radius 3 is 2.52 bits per heavy atom. The van der Waals surface area contributed by atoms with Crippen molar-refractivity contribution in [1.29, 1.82) is 0 Å². The van der Waals surface area contributed by atoms with Crippen LogP contribution in [0.4, 0.5) is 15.9 Å². The number of aromatic nitrogens is 2. The van der Waals surface area contributed by atoms with Gasteiger partial charge >= 0.3 is 0 Å². The Morgan fingerprint density at radius 1 is 1.08 bits per heavy atom. The summed E-state index contributed by atoms with van der Waals surface area (Å²) >= 11 is 4.01. The summed E-state index contributed by atoms with van der Waals surface area (Å²) in [5.74, 6) is 0.664. The maximum atomic E-state index is 13.2. The van der Waals surface area contributed by atoms with Crippen LogP contribution in [0.3, 0.4) is 0 Å². The number of hydrogen-bond acceptors (Lipinski definition) is 3. The number of halogens is 2. The number of fused-ring (bicyclic) bond motifs is 1. The minimum absolute atomic E-state index is 0.246. The molecular weight excluding hydrogens is 448 g/mol. The number of thiazole rings is 1. The molecule has 0 bridgehead atoms. The quantitative estimate of drug-likeness (QED) is 0.369. The molecule has 0 radical (unpaired) electrons. The van der Waals surface area contributed by atoms with Crippen LogP contribution < -0.4 is 5.32 Å². The van der Waals surface area contributed by atoms with Gasteiger partial charge in [-0.1, -0.05) is 18.2 Å². The van der Waals surface area contributed by atoms with E-state index in [0.717, 1.165) is 37.0 Å². The van der Waals surface area contributed by atoms with Crippen molar-refractivity contribution in [2.75, 3.05) is 5.32 Å². The van der Waals surface area contributed by atoms with E-state index in [1.165, 1.54) is 17.0 Å². The molecule has 6 heteroatoms. The molecule has 0 unspecified atom stereocenters. The zero-order valence-electron chi connectivity index (χ0n) is 13.7. The van der Waals surface area contributed by atoms with Crippen LogP contribution in [0.15, 0.2) is 48.5 Å². The maximum Gasteiger partial charge on any atom is 0.196 e. The van der Waals surface area contributed by atoms with E-state index in [-0.39, 0.29) is 5.82 Å². The minimum atomic E-state index is -0.246. The first-order chi connectivity index (χ1) is 12.0. The van der Waals surface area contributed by atoms with Crippen LogP contribution in [-0.4, -0.2) is 9.38 Å². The van der Waals surface area contributed by atoms with Crippen molar-refractivity contribution in [2.45, 2.75) is 13.8 Å². The molecule has 0 fully saturated rings. The van der Waals surface area contributed by atoms with E-state index < -0.39 is 0 Å². The highest BCUT2D eigenvalue weighted by Gasteiger charge is 2.20. The summed E-state index contributed by atoms with van der Waals surface area (Å²) < 4.78 is 16.5. The second-order valence-corrected chi connectivity index (χ2v) is 8.13. The number of nitrogens with zero attached hydrogens (tertiary/aromatic N) is 2.